The van der Waals surface area contributed by atoms with E-state index in [-0.39, 0.29) is 18.3 Å². The van der Waals surface area contributed by atoms with Crippen LogP contribution in [0.2, 0.25) is 10.0 Å². The molecule has 1 atom stereocenters. The highest BCUT2D eigenvalue weighted by molar-refractivity contribution is 7.98. The number of aromatic nitrogens is 3. The van der Waals surface area contributed by atoms with Crippen molar-refractivity contribution >= 4 is 52.5 Å². The number of ether oxygens (including phenoxy) is 1. The van der Waals surface area contributed by atoms with Gasteiger partial charge in [-0.25, -0.2) is 9.07 Å². The molecule has 1 aliphatic heterocycles. The summed E-state index contributed by atoms with van der Waals surface area (Å²) in [5, 5.41) is 12.5. The molecule has 4 aromatic carbocycles. The van der Waals surface area contributed by atoms with Crippen LogP contribution in [0.25, 0.3) is 0 Å². The fourth-order valence-corrected chi connectivity index (χ4v) is 6.17. The Morgan fingerprint density at radius 3 is 2.41 bits per heavy atom. The molecule has 1 amide bonds. The average molecular weight is 647 g/mol. The van der Waals surface area contributed by atoms with Crippen molar-refractivity contribution in [3.8, 4) is 5.75 Å². The molecule has 0 bridgehead atoms. The third-order valence-corrected chi connectivity index (χ3v) is 8.66. The lowest BCUT2D eigenvalue weighted by Gasteiger charge is -2.28. The van der Waals surface area contributed by atoms with Gasteiger partial charge in [0, 0.05) is 32.7 Å². The highest BCUT2D eigenvalue weighted by atomic mass is 35.5. The Morgan fingerprint density at radius 2 is 1.68 bits per heavy atom. The van der Waals surface area contributed by atoms with E-state index in [2.05, 4.69) is 15.6 Å². The SMILES string of the molecule is CC1=C(C(=O)Nc2ccccc2)C(c2ccc(OCc3c(Cl)cccc3Cl)cc2)n2nc(SCc3ccccc3F)nc2N1. The highest BCUT2D eigenvalue weighted by Crippen LogP contribution is 2.38. The number of amides is 1. The van der Waals surface area contributed by atoms with Crippen LogP contribution in [0.3, 0.4) is 0 Å². The standard InChI is InChI=1S/C33H26Cl2FN5O2S/c1-20-29(31(42)38-23-9-3-2-4-10-23)30(21-14-16-24(17-15-21)43-18-25-26(34)11-7-12-27(25)35)41-32(37-20)39-33(40-41)44-19-22-8-5-6-13-28(22)36/h2-17,30H,18-19H2,1H3,(H,38,42)(H,37,39,40). The summed E-state index contributed by atoms with van der Waals surface area (Å²) in [5.74, 6) is 0.886. The van der Waals surface area contributed by atoms with Gasteiger partial charge in [-0.3, -0.25) is 4.79 Å². The number of hydrogen-bond acceptors (Lipinski definition) is 6. The van der Waals surface area contributed by atoms with Crippen LogP contribution in [0.4, 0.5) is 16.0 Å². The number of nitrogens with zero attached hydrogens (tertiary/aromatic N) is 3. The zero-order chi connectivity index (χ0) is 30.6. The zero-order valence-electron chi connectivity index (χ0n) is 23.4. The number of carbonyl (C=O) groups excluding carboxylic acids is 1. The molecule has 2 N–H and O–H groups in total. The molecular weight excluding hydrogens is 620 g/mol. The molecule has 0 radical (unpaired) electrons. The van der Waals surface area contributed by atoms with E-state index >= 15 is 0 Å². The van der Waals surface area contributed by atoms with Gasteiger partial charge in [0.1, 0.15) is 24.2 Å². The van der Waals surface area contributed by atoms with Crippen molar-refractivity contribution in [2.45, 2.75) is 30.5 Å². The molecule has 44 heavy (non-hydrogen) atoms. The summed E-state index contributed by atoms with van der Waals surface area (Å²) < 4.78 is 21.9. The third-order valence-electron chi connectivity index (χ3n) is 7.06. The Balaban J connectivity index is 1.30. The smallest absolute Gasteiger partial charge is 0.255 e. The van der Waals surface area contributed by atoms with Crippen LogP contribution in [-0.2, 0) is 17.2 Å². The lowest BCUT2D eigenvalue weighted by atomic mass is 9.95. The lowest BCUT2D eigenvalue weighted by Crippen LogP contribution is -2.31. The van der Waals surface area contributed by atoms with Crippen molar-refractivity contribution in [2.75, 3.05) is 10.6 Å². The zero-order valence-corrected chi connectivity index (χ0v) is 25.8. The molecular formula is C33H26Cl2FN5O2S. The molecule has 1 aromatic heterocycles. The van der Waals surface area contributed by atoms with E-state index in [0.717, 1.165) is 5.56 Å². The van der Waals surface area contributed by atoms with E-state index in [1.165, 1.54) is 17.8 Å². The van der Waals surface area contributed by atoms with Gasteiger partial charge >= 0.3 is 0 Å². The fraction of sp³-hybridized carbons (Fsp3) is 0.121. The Labute approximate surface area is 268 Å². The molecule has 0 saturated carbocycles. The molecule has 1 unspecified atom stereocenters. The minimum Gasteiger partial charge on any atom is -0.489 e. The lowest BCUT2D eigenvalue weighted by molar-refractivity contribution is -0.113. The van der Waals surface area contributed by atoms with Crippen LogP contribution < -0.4 is 15.4 Å². The molecule has 0 fully saturated rings. The van der Waals surface area contributed by atoms with Gasteiger partial charge in [-0.2, -0.15) is 4.98 Å². The van der Waals surface area contributed by atoms with Crippen molar-refractivity contribution in [2.24, 2.45) is 0 Å². The number of allylic oxidation sites excluding steroid dienone is 1. The van der Waals surface area contributed by atoms with Crippen LogP contribution in [0.15, 0.2) is 113 Å². The molecule has 0 spiro atoms. The first-order chi connectivity index (χ1) is 21.4. The highest BCUT2D eigenvalue weighted by Gasteiger charge is 2.34. The molecule has 0 saturated heterocycles. The summed E-state index contributed by atoms with van der Waals surface area (Å²) in [6, 6.07) is 28.0. The van der Waals surface area contributed by atoms with Gasteiger partial charge in [-0.05, 0) is 60.5 Å². The first-order valence-electron chi connectivity index (χ1n) is 13.7. The van der Waals surface area contributed by atoms with E-state index in [1.807, 2.05) is 61.5 Å². The molecule has 5 aromatic rings. The van der Waals surface area contributed by atoms with Crippen molar-refractivity contribution in [1.29, 1.82) is 0 Å². The summed E-state index contributed by atoms with van der Waals surface area (Å²) in [6.07, 6.45) is 0. The molecule has 222 valence electrons. The van der Waals surface area contributed by atoms with Gasteiger partial charge in [-0.15, -0.1) is 5.10 Å². The predicted octanol–water partition coefficient (Wildman–Crippen LogP) is 8.52. The van der Waals surface area contributed by atoms with E-state index < -0.39 is 6.04 Å². The Morgan fingerprint density at radius 1 is 0.977 bits per heavy atom. The van der Waals surface area contributed by atoms with Gasteiger partial charge in [0.05, 0.1) is 5.57 Å². The molecule has 0 aliphatic carbocycles. The first kappa shape index (κ1) is 29.7. The van der Waals surface area contributed by atoms with Crippen LogP contribution in [-0.4, -0.2) is 20.7 Å². The van der Waals surface area contributed by atoms with Crippen LogP contribution in [0, 0.1) is 5.82 Å². The van der Waals surface area contributed by atoms with E-state index in [0.29, 0.717) is 60.7 Å². The van der Waals surface area contributed by atoms with Crippen molar-refractivity contribution in [3.63, 3.8) is 0 Å². The number of anilines is 2. The maximum atomic E-state index is 14.3. The van der Waals surface area contributed by atoms with E-state index in [1.54, 1.807) is 41.1 Å². The van der Waals surface area contributed by atoms with E-state index in [9.17, 15) is 9.18 Å². The Bertz CT molecular complexity index is 1830. The number of nitrogens with one attached hydrogen (secondary N) is 2. The predicted molar refractivity (Wildman–Crippen MR) is 173 cm³/mol. The summed E-state index contributed by atoms with van der Waals surface area (Å²) >= 11 is 13.9. The number of halogens is 3. The summed E-state index contributed by atoms with van der Waals surface area (Å²) in [6.45, 7) is 2.03. The van der Waals surface area contributed by atoms with Crippen LogP contribution in [0.5, 0.6) is 5.75 Å². The minimum atomic E-state index is -0.600. The van der Waals surface area contributed by atoms with Gasteiger partial charge in [0.2, 0.25) is 11.1 Å². The second-order valence-corrected chi connectivity index (χ2v) is 11.7. The quantitative estimate of drug-likeness (QED) is 0.156. The number of fused-ring (bicyclic) bond motifs is 1. The first-order valence-corrected chi connectivity index (χ1v) is 15.4. The number of para-hydroxylation sites is 1. The van der Waals surface area contributed by atoms with Crippen LogP contribution >= 0.6 is 35.0 Å². The topological polar surface area (TPSA) is 81.1 Å². The Kier molecular flexibility index (Phi) is 8.88. The second-order valence-electron chi connectivity index (χ2n) is 9.99. The van der Waals surface area contributed by atoms with Gasteiger partial charge in [0.25, 0.3) is 5.91 Å². The number of rotatable bonds is 9. The maximum absolute atomic E-state index is 14.3. The molecule has 2 heterocycles. The monoisotopic (exact) mass is 645 g/mol. The largest absolute Gasteiger partial charge is 0.489 e. The van der Waals surface area contributed by atoms with Crippen molar-refractivity contribution in [1.82, 2.24) is 14.8 Å². The fourth-order valence-electron chi connectivity index (χ4n) is 4.84. The van der Waals surface area contributed by atoms with Crippen molar-refractivity contribution < 1.29 is 13.9 Å². The minimum absolute atomic E-state index is 0.199. The summed E-state index contributed by atoms with van der Waals surface area (Å²) in [7, 11) is 0. The van der Waals surface area contributed by atoms with E-state index in [4.69, 9.17) is 33.0 Å². The molecule has 11 heteroatoms. The average Bonchev–Trinajstić information content (AvgIpc) is 3.43. The van der Waals surface area contributed by atoms with Crippen molar-refractivity contribution in [3.05, 3.63) is 141 Å². The van der Waals surface area contributed by atoms with Crippen LogP contribution in [0.1, 0.15) is 29.7 Å². The second kappa shape index (κ2) is 13.1. The summed E-state index contributed by atoms with van der Waals surface area (Å²) in [5.41, 5.74) is 3.84. The molecule has 1 aliphatic rings. The number of hydrogen-bond donors (Lipinski definition) is 2. The number of carbonyl (C=O) groups is 1. The third kappa shape index (κ3) is 6.45. The molecule has 7 nitrogen and oxygen atoms in total. The number of benzene rings is 4. The Hall–Kier alpha value is -4.31. The maximum Gasteiger partial charge on any atom is 0.255 e. The van der Waals surface area contributed by atoms with Gasteiger partial charge in [-0.1, -0.05) is 89.6 Å². The number of thioether (sulfide) groups is 1. The normalized spacial score (nSPS) is 14.1. The van der Waals surface area contributed by atoms with Gasteiger partial charge in [0.15, 0.2) is 0 Å². The summed E-state index contributed by atoms with van der Waals surface area (Å²) in [4.78, 5) is 18.4. The molecule has 6 rings (SSSR count). The van der Waals surface area contributed by atoms with Gasteiger partial charge < -0.3 is 15.4 Å².